The molecule has 1 amide bonds. The van der Waals surface area contributed by atoms with Crippen molar-refractivity contribution in [2.45, 2.75) is 39.2 Å². The highest BCUT2D eigenvalue weighted by Crippen LogP contribution is 2.44. The molecule has 0 aliphatic carbocycles. The first-order valence-corrected chi connectivity index (χ1v) is 12.3. The second kappa shape index (κ2) is 9.94. The summed E-state index contributed by atoms with van der Waals surface area (Å²) in [5, 5.41) is 12.0. The standard InChI is InChI=1S/C30H30ClNO5/c1-17-10-12-20(16-23(17)31)32-26(18-8-7-9-21(14-18)36-5)25(28(34)29(32)35)27(33)19-11-13-24(37-6)22(15-19)30(2,3)4/h7-16,26,33H,1-6H3/b27-25-. The molecule has 37 heavy (non-hydrogen) atoms. The number of benzene rings is 3. The van der Waals surface area contributed by atoms with Crippen molar-refractivity contribution in [3.63, 3.8) is 0 Å². The van der Waals surface area contributed by atoms with E-state index in [1.54, 1.807) is 74.9 Å². The van der Waals surface area contributed by atoms with Crippen LogP contribution in [0.25, 0.3) is 5.76 Å². The summed E-state index contributed by atoms with van der Waals surface area (Å²) >= 11 is 6.39. The maximum atomic E-state index is 13.5. The molecular formula is C30H30ClNO5. The maximum Gasteiger partial charge on any atom is 0.300 e. The van der Waals surface area contributed by atoms with Crippen LogP contribution >= 0.6 is 11.6 Å². The SMILES string of the molecule is COc1cccc(C2/C(=C(/O)c3ccc(OC)c(C(C)(C)C)c3)C(=O)C(=O)N2c2ccc(C)c(Cl)c2)c1. The lowest BCUT2D eigenvalue weighted by Gasteiger charge is -2.26. The predicted molar refractivity (Wildman–Crippen MR) is 146 cm³/mol. The van der Waals surface area contributed by atoms with E-state index in [1.165, 1.54) is 4.90 Å². The number of methoxy groups -OCH3 is 2. The lowest BCUT2D eigenvalue weighted by Crippen LogP contribution is -2.29. The van der Waals surface area contributed by atoms with Gasteiger partial charge >= 0.3 is 0 Å². The number of aliphatic hydroxyl groups is 1. The van der Waals surface area contributed by atoms with E-state index in [4.69, 9.17) is 21.1 Å². The predicted octanol–water partition coefficient (Wildman–Crippen LogP) is 6.59. The van der Waals surface area contributed by atoms with Crippen molar-refractivity contribution < 1.29 is 24.2 Å². The monoisotopic (exact) mass is 519 g/mol. The third kappa shape index (κ3) is 4.81. The Morgan fingerprint density at radius 1 is 0.973 bits per heavy atom. The largest absolute Gasteiger partial charge is 0.507 e. The van der Waals surface area contributed by atoms with Crippen LogP contribution in [0.1, 0.15) is 49.1 Å². The van der Waals surface area contributed by atoms with Gasteiger partial charge in [0.25, 0.3) is 11.7 Å². The van der Waals surface area contributed by atoms with Crippen molar-refractivity contribution >= 4 is 34.7 Å². The topological polar surface area (TPSA) is 76.1 Å². The molecule has 1 fully saturated rings. The molecular weight excluding hydrogens is 490 g/mol. The molecule has 1 N–H and O–H groups in total. The molecule has 0 saturated carbocycles. The molecule has 192 valence electrons. The van der Waals surface area contributed by atoms with Gasteiger partial charge in [0.2, 0.25) is 0 Å². The average molecular weight is 520 g/mol. The van der Waals surface area contributed by atoms with Crippen LogP contribution in [-0.4, -0.2) is 31.0 Å². The normalized spacial score (nSPS) is 17.3. The minimum absolute atomic E-state index is 0.0139. The Balaban J connectivity index is 1.98. The summed E-state index contributed by atoms with van der Waals surface area (Å²) in [6.07, 6.45) is 0. The van der Waals surface area contributed by atoms with Gasteiger partial charge in [0, 0.05) is 21.8 Å². The van der Waals surface area contributed by atoms with Crippen LogP contribution in [0.5, 0.6) is 11.5 Å². The summed E-state index contributed by atoms with van der Waals surface area (Å²) in [7, 11) is 3.13. The number of carbonyl (C=O) groups is 2. The number of carbonyl (C=O) groups excluding carboxylic acids is 2. The molecule has 1 aliphatic rings. The highest BCUT2D eigenvalue weighted by molar-refractivity contribution is 6.51. The highest BCUT2D eigenvalue weighted by atomic mass is 35.5. The van der Waals surface area contributed by atoms with Crippen LogP contribution in [0.2, 0.25) is 5.02 Å². The van der Waals surface area contributed by atoms with Crippen molar-refractivity contribution in [1.82, 2.24) is 0 Å². The van der Waals surface area contributed by atoms with E-state index in [9.17, 15) is 14.7 Å². The van der Waals surface area contributed by atoms with Gasteiger partial charge in [0.05, 0.1) is 25.8 Å². The Hall–Kier alpha value is -3.77. The van der Waals surface area contributed by atoms with Crippen LogP contribution in [0.15, 0.2) is 66.2 Å². The molecule has 7 heteroatoms. The Kier molecular flexibility index (Phi) is 7.07. The summed E-state index contributed by atoms with van der Waals surface area (Å²) in [6.45, 7) is 7.96. The fourth-order valence-corrected chi connectivity index (χ4v) is 4.73. The van der Waals surface area contributed by atoms with Gasteiger partial charge in [-0.25, -0.2) is 0 Å². The first-order valence-electron chi connectivity index (χ1n) is 11.9. The second-order valence-corrected chi connectivity index (χ2v) is 10.5. The van der Waals surface area contributed by atoms with Gasteiger partial charge in [0.1, 0.15) is 17.3 Å². The van der Waals surface area contributed by atoms with Crippen LogP contribution in [-0.2, 0) is 15.0 Å². The minimum atomic E-state index is -0.894. The Morgan fingerprint density at radius 2 is 1.70 bits per heavy atom. The van der Waals surface area contributed by atoms with E-state index >= 15 is 0 Å². The van der Waals surface area contributed by atoms with E-state index in [0.29, 0.717) is 33.3 Å². The zero-order valence-electron chi connectivity index (χ0n) is 21.8. The molecule has 6 nitrogen and oxygen atoms in total. The number of nitrogens with zero attached hydrogens (tertiary/aromatic N) is 1. The third-order valence-electron chi connectivity index (χ3n) is 6.57. The number of ketones is 1. The molecule has 1 saturated heterocycles. The number of ether oxygens (including phenoxy) is 2. The van der Waals surface area contributed by atoms with Crippen LogP contribution in [0.3, 0.4) is 0 Å². The molecule has 1 heterocycles. The molecule has 0 spiro atoms. The van der Waals surface area contributed by atoms with Gasteiger partial charge in [-0.15, -0.1) is 0 Å². The number of anilines is 1. The Bertz CT molecular complexity index is 1420. The number of hydrogen-bond donors (Lipinski definition) is 1. The summed E-state index contributed by atoms with van der Waals surface area (Å²) in [5.41, 5.74) is 2.87. The fourth-order valence-electron chi connectivity index (χ4n) is 4.55. The minimum Gasteiger partial charge on any atom is -0.507 e. The molecule has 1 aliphatic heterocycles. The Morgan fingerprint density at radius 3 is 2.32 bits per heavy atom. The number of amides is 1. The zero-order valence-corrected chi connectivity index (χ0v) is 22.5. The fraction of sp³-hybridized carbons (Fsp3) is 0.267. The summed E-state index contributed by atoms with van der Waals surface area (Å²) in [5.74, 6) is -0.568. The van der Waals surface area contributed by atoms with Gasteiger partial charge < -0.3 is 14.6 Å². The van der Waals surface area contributed by atoms with Crippen molar-refractivity contribution in [3.8, 4) is 11.5 Å². The van der Waals surface area contributed by atoms with Crippen molar-refractivity contribution in [1.29, 1.82) is 0 Å². The molecule has 0 radical (unpaired) electrons. The molecule has 0 bridgehead atoms. The molecule has 4 rings (SSSR count). The van der Waals surface area contributed by atoms with Crippen LogP contribution in [0, 0.1) is 6.92 Å². The quantitative estimate of drug-likeness (QED) is 0.234. The number of aryl methyl sites for hydroxylation is 1. The third-order valence-corrected chi connectivity index (χ3v) is 6.98. The van der Waals surface area contributed by atoms with Gasteiger partial charge in [-0.1, -0.05) is 50.6 Å². The number of rotatable bonds is 5. The van der Waals surface area contributed by atoms with E-state index in [2.05, 4.69) is 0 Å². The molecule has 0 aromatic heterocycles. The van der Waals surface area contributed by atoms with Gasteiger partial charge in [-0.3, -0.25) is 14.5 Å². The smallest absolute Gasteiger partial charge is 0.300 e. The van der Waals surface area contributed by atoms with Gasteiger partial charge in [-0.2, -0.15) is 0 Å². The molecule has 1 atom stereocenters. The average Bonchev–Trinajstić information content (AvgIpc) is 3.14. The number of Topliss-reactive ketones (excluding diaryl/α,β-unsaturated/α-hetero) is 1. The number of aliphatic hydroxyl groups excluding tert-OH is 1. The lowest BCUT2D eigenvalue weighted by molar-refractivity contribution is -0.132. The number of halogens is 1. The summed E-state index contributed by atoms with van der Waals surface area (Å²) < 4.78 is 10.9. The highest BCUT2D eigenvalue weighted by Gasteiger charge is 2.47. The first-order chi connectivity index (χ1) is 17.5. The molecule has 3 aromatic rings. The second-order valence-electron chi connectivity index (χ2n) is 10.0. The zero-order chi connectivity index (χ0) is 27.1. The van der Waals surface area contributed by atoms with Gasteiger partial charge in [-0.05, 0) is 65.9 Å². The Labute approximate surface area is 222 Å². The van der Waals surface area contributed by atoms with Crippen molar-refractivity contribution in [3.05, 3.63) is 93.5 Å². The number of hydrogen-bond acceptors (Lipinski definition) is 5. The molecule has 1 unspecified atom stereocenters. The maximum absolute atomic E-state index is 13.5. The first kappa shape index (κ1) is 26.3. The summed E-state index contributed by atoms with van der Waals surface area (Å²) in [6, 6.07) is 16.6. The van der Waals surface area contributed by atoms with Crippen LogP contribution in [0.4, 0.5) is 5.69 Å². The lowest BCUT2D eigenvalue weighted by atomic mass is 9.84. The van der Waals surface area contributed by atoms with Crippen molar-refractivity contribution in [2.24, 2.45) is 0 Å². The van der Waals surface area contributed by atoms with E-state index in [-0.39, 0.29) is 16.7 Å². The van der Waals surface area contributed by atoms with Crippen LogP contribution < -0.4 is 14.4 Å². The molecule has 3 aromatic carbocycles. The van der Waals surface area contributed by atoms with E-state index in [1.807, 2.05) is 27.7 Å². The van der Waals surface area contributed by atoms with E-state index in [0.717, 1.165) is 11.1 Å². The van der Waals surface area contributed by atoms with Gasteiger partial charge in [0.15, 0.2) is 0 Å². The van der Waals surface area contributed by atoms with E-state index < -0.39 is 17.7 Å². The van der Waals surface area contributed by atoms with Crippen molar-refractivity contribution in [2.75, 3.05) is 19.1 Å². The summed E-state index contributed by atoms with van der Waals surface area (Å²) in [4.78, 5) is 28.3.